The largest absolute Gasteiger partial charge is 0.370 e. The Labute approximate surface area is 207 Å². The van der Waals surface area contributed by atoms with E-state index in [1.54, 1.807) is 5.57 Å². The minimum atomic E-state index is 0.0760. The number of carbonyl (C=O) groups is 1. The second-order valence-corrected chi connectivity index (χ2v) is 13.7. The van der Waals surface area contributed by atoms with Gasteiger partial charge in [-0.05, 0) is 107 Å². The molecule has 4 heteroatoms. The van der Waals surface area contributed by atoms with E-state index < -0.39 is 0 Å². The van der Waals surface area contributed by atoms with Gasteiger partial charge in [0.15, 0.2) is 0 Å². The maximum atomic E-state index is 12.2. The van der Waals surface area contributed by atoms with Crippen LogP contribution in [0.4, 0.5) is 0 Å². The van der Waals surface area contributed by atoms with Gasteiger partial charge >= 0.3 is 0 Å². The van der Waals surface area contributed by atoms with Gasteiger partial charge in [0.25, 0.3) is 0 Å². The Morgan fingerprint density at radius 1 is 1.18 bits per heavy atom. The van der Waals surface area contributed by atoms with Gasteiger partial charge in [-0.25, -0.2) is 0 Å². The highest BCUT2D eigenvalue weighted by Gasteiger charge is 2.58. The fraction of sp³-hybridized carbons (Fsp3) is 0.900. The SMILES string of the molecule is CNCCN1CC(C)CC2OC3(CCC4C(=C(C)C3)CC3C4CCC4CC(=O)CCC43C)C[C@@H]21. The number of carbonyl (C=O) groups excluding carboxylic acids is 1. The third kappa shape index (κ3) is 3.77. The third-order valence-corrected chi connectivity index (χ3v) is 11.7. The van der Waals surface area contributed by atoms with Gasteiger partial charge in [-0.1, -0.05) is 25.0 Å². The number of Topliss-reactive ketones (excluding diaryl/α,β-unsaturated/α-hetero) is 1. The maximum Gasteiger partial charge on any atom is 0.133 e. The number of rotatable bonds is 3. The van der Waals surface area contributed by atoms with Crippen LogP contribution in [-0.2, 0) is 9.53 Å². The molecule has 2 saturated heterocycles. The average Bonchev–Trinajstić information content (AvgIpc) is 3.32. The summed E-state index contributed by atoms with van der Waals surface area (Å²) in [6.07, 6.45) is 13.5. The van der Waals surface area contributed by atoms with Crippen LogP contribution in [0.25, 0.3) is 0 Å². The molecule has 0 amide bonds. The number of likely N-dealkylation sites (tertiary alicyclic amines) is 1. The summed E-state index contributed by atoms with van der Waals surface area (Å²) in [7, 11) is 2.07. The van der Waals surface area contributed by atoms with E-state index in [-0.39, 0.29) is 5.60 Å². The molecule has 4 nitrogen and oxygen atoms in total. The van der Waals surface area contributed by atoms with Crippen molar-refractivity contribution in [2.45, 2.75) is 109 Å². The Morgan fingerprint density at radius 2 is 2.03 bits per heavy atom. The molecule has 0 bridgehead atoms. The minimum Gasteiger partial charge on any atom is -0.370 e. The van der Waals surface area contributed by atoms with Crippen LogP contribution >= 0.6 is 0 Å². The van der Waals surface area contributed by atoms with Crippen LogP contribution in [-0.4, -0.2) is 55.1 Å². The Bertz CT molecular complexity index is 853. The van der Waals surface area contributed by atoms with E-state index in [9.17, 15) is 4.79 Å². The lowest BCUT2D eigenvalue weighted by Gasteiger charge is -2.52. The number of fused-ring (bicyclic) bond motifs is 6. The number of piperidine rings is 1. The topological polar surface area (TPSA) is 41.6 Å². The quantitative estimate of drug-likeness (QED) is 0.566. The Hall–Kier alpha value is -0.710. The molecule has 4 aliphatic carbocycles. The van der Waals surface area contributed by atoms with Gasteiger partial charge in [0.05, 0.1) is 11.7 Å². The Morgan fingerprint density at radius 3 is 2.85 bits per heavy atom. The molecular weight excluding hydrogens is 420 g/mol. The number of nitrogens with zero attached hydrogens (tertiary/aromatic N) is 1. The van der Waals surface area contributed by atoms with Gasteiger partial charge in [0.2, 0.25) is 0 Å². The molecule has 6 aliphatic rings. The summed E-state index contributed by atoms with van der Waals surface area (Å²) in [4.78, 5) is 15.0. The lowest BCUT2D eigenvalue weighted by molar-refractivity contribution is -0.129. The number of hydrogen-bond donors (Lipinski definition) is 1. The van der Waals surface area contributed by atoms with E-state index in [2.05, 4.69) is 38.0 Å². The molecule has 0 aromatic rings. The van der Waals surface area contributed by atoms with Crippen LogP contribution in [0.1, 0.15) is 91.4 Å². The fourth-order valence-corrected chi connectivity index (χ4v) is 10.0. The molecule has 0 radical (unpaired) electrons. The van der Waals surface area contributed by atoms with Crippen molar-refractivity contribution in [2.24, 2.45) is 35.0 Å². The minimum absolute atomic E-state index is 0.0760. The van der Waals surface area contributed by atoms with Gasteiger partial charge in [-0.15, -0.1) is 0 Å². The van der Waals surface area contributed by atoms with Crippen LogP contribution in [0.2, 0.25) is 0 Å². The smallest absolute Gasteiger partial charge is 0.133 e. The summed E-state index contributed by atoms with van der Waals surface area (Å²) in [5, 5.41) is 3.37. The molecule has 2 aliphatic heterocycles. The molecule has 3 saturated carbocycles. The summed E-state index contributed by atoms with van der Waals surface area (Å²) in [6, 6.07) is 0.613. The van der Waals surface area contributed by atoms with Crippen molar-refractivity contribution >= 4 is 5.78 Å². The van der Waals surface area contributed by atoms with Crippen LogP contribution < -0.4 is 5.32 Å². The van der Waals surface area contributed by atoms with Gasteiger partial charge in [-0.2, -0.15) is 0 Å². The lowest BCUT2D eigenvalue weighted by Crippen LogP contribution is -2.50. The highest BCUT2D eigenvalue weighted by molar-refractivity contribution is 5.79. The van der Waals surface area contributed by atoms with Crippen LogP contribution in [0.3, 0.4) is 0 Å². The average molecular weight is 469 g/mol. The number of nitrogens with one attached hydrogen (secondary N) is 1. The normalized spacial score (nSPS) is 48.9. The van der Waals surface area contributed by atoms with E-state index >= 15 is 0 Å². The van der Waals surface area contributed by atoms with Crippen molar-refractivity contribution in [1.29, 1.82) is 0 Å². The van der Waals surface area contributed by atoms with Gasteiger partial charge in [0.1, 0.15) is 5.78 Å². The van der Waals surface area contributed by atoms with E-state index in [0.717, 1.165) is 62.4 Å². The molecule has 0 aromatic carbocycles. The van der Waals surface area contributed by atoms with Crippen molar-refractivity contribution in [3.8, 4) is 0 Å². The first-order valence-corrected chi connectivity index (χ1v) is 14.6. The molecule has 6 rings (SSSR count). The molecule has 1 N–H and O–H groups in total. The van der Waals surface area contributed by atoms with Crippen molar-refractivity contribution in [2.75, 3.05) is 26.7 Å². The number of ketones is 1. The third-order valence-electron chi connectivity index (χ3n) is 11.7. The van der Waals surface area contributed by atoms with Crippen LogP contribution in [0.5, 0.6) is 0 Å². The van der Waals surface area contributed by atoms with E-state index in [0.29, 0.717) is 29.3 Å². The molecule has 1 spiro atoms. The summed E-state index contributed by atoms with van der Waals surface area (Å²) >= 11 is 0. The van der Waals surface area contributed by atoms with Gasteiger partial charge in [-0.3, -0.25) is 9.69 Å². The molecule has 9 atom stereocenters. The molecule has 34 heavy (non-hydrogen) atoms. The summed E-state index contributed by atoms with van der Waals surface area (Å²) in [6.45, 7) is 10.9. The van der Waals surface area contributed by atoms with Gasteiger partial charge in [0, 0.05) is 38.5 Å². The molecular formula is C30H48N2O2. The first-order chi connectivity index (χ1) is 16.3. The zero-order valence-electron chi connectivity index (χ0n) is 22.2. The monoisotopic (exact) mass is 468 g/mol. The van der Waals surface area contributed by atoms with E-state index in [1.807, 2.05) is 5.57 Å². The summed E-state index contributed by atoms with van der Waals surface area (Å²) < 4.78 is 7.11. The van der Waals surface area contributed by atoms with Crippen molar-refractivity contribution in [1.82, 2.24) is 10.2 Å². The number of allylic oxidation sites excluding steroid dienone is 1. The summed E-state index contributed by atoms with van der Waals surface area (Å²) in [5.74, 6) is 4.36. The highest BCUT2D eigenvalue weighted by Crippen LogP contribution is 2.64. The molecule has 8 unspecified atom stereocenters. The number of ether oxygens (including phenoxy) is 1. The first-order valence-electron chi connectivity index (χ1n) is 14.6. The molecule has 5 fully saturated rings. The molecule has 0 aromatic heterocycles. The lowest BCUT2D eigenvalue weighted by atomic mass is 9.52. The second-order valence-electron chi connectivity index (χ2n) is 13.7. The predicted octanol–water partition coefficient (Wildman–Crippen LogP) is 5.37. The van der Waals surface area contributed by atoms with Crippen molar-refractivity contribution < 1.29 is 9.53 Å². The van der Waals surface area contributed by atoms with Gasteiger partial charge < -0.3 is 10.1 Å². The first kappa shape index (κ1) is 23.7. The number of likely N-dealkylation sites (N-methyl/N-ethyl adjacent to an activating group) is 1. The second kappa shape index (κ2) is 8.70. The van der Waals surface area contributed by atoms with Crippen molar-refractivity contribution in [3.05, 3.63) is 11.1 Å². The van der Waals surface area contributed by atoms with Crippen LogP contribution in [0, 0.1) is 35.0 Å². The zero-order chi connectivity index (χ0) is 23.7. The van der Waals surface area contributed by atoms with Crippen LogP contribution in [0.15, 0.2) is 11.1 Å². The number of hydrogen-bond acceptors (Lipinski definition) is 4. The Balaban J connectivity index is 1.23. The zero-order valence-corrected chi connectivity index (χ0v) is 22.2. The molecule has 2 heterocycles. The fourth-order valence-electron chi connectivity index (χ4n) is 10.0. The van der Waals surface area contributed by atoms with E-state index in [1.165, 1.54) is 51.5 Å². The Kier molecular flexibility index (Phi) is 6.06. The van der Waals surface area contributed by atoms with E-state index in [4.69, 9.17) is 4.74 Å². The molecule has 190 valence electrons. The standard InChI is InChI=1S/C30H48N2O2/c1-19-13-28-27(32(18-19)12-11-31-4)17-30(34-28)10-8-23-24-6-5-21-14-22(33)7-9-29(21,3)26(24)15-25(23)20(2)16-30/h19,21,23-24,26-28,31H,5-18H2,1-4H3/t19?,21?,23?,24?,26?,27-,28?,29?,30?/m0/s1. The highest BCUT2D eigenvalue weighted by atomic mass is 16.5. The predicted molar refractivity (Wildman–Crippen MR) is 137 cm³/mol. The maximum absolute atomic E-state index is 12.2. The summed E-state index contributed by atoms with van der Waals surface area (Å²) in [5.41, 5.74) is 3.98. The van der Waals surface area contributed by atoms with Crippen molar-refractivity contribution in [3.63, 3.8) is 0 Å².